The molecule has 19 heavy (non-hydrogen) atoms. The lowest BCUT2D eigenvalue weighted by Gasteiger charge is -2.16. The van der Waals surface area contributed by atoms with E-state index in [1.807, 2.05) is 0 Å². The summed E-state index contributed by atoms with van der Waals surface area (Å²) in [7, 11) is 0. The van der Waals surface area contributed by atoms with Crippen LogP contribution in [0.3, 0.4) is 0 Å². The van der Waals surface area contributed by atoms with Gasteiger partial charge in [0.1, 0.15) is 0 Å². The van der Waals surface area contributed by atoms with E-state index < -0.39 is 0 Å². The van der Waals surface area contributed by atoms with Crippen LogP contribution >= 0.6 is 31.9 Å². The lowest BCUT2D eigenvalue weighted by Crippen LogP contribution is -2.13. The van der Waals surface area contributed by atoms with Crippen molar-refractivity contribution in [3.8, 4) is 0 Å². The zero-order chi connectivity index (χ0) is 13.9. The van der Waals surface area contributed by atoms with E-state index >= 15 is 0 Å². The lowest BCUT2D eigenvalue weighted by atomic mass is 10.0. The molecule has 3 heteroatoms. The molecule has 0 aliphatic heterocycles. The molecule has 1 nitrogen and oxygen atoms in total. The normalized spacial score (nSPS) is 30.9. The topological polar surface area (TPSA) is 17.1 Å². The summed E-state index contributed by atoms with van der Waals surface area (Å²) in [6, 6.07) is 0. The summed E-state index contributed by atoms with van der Waals surface area (Å²) in [6.45, 7) is 0. The molecule has 1 rings (SSSR count). The van der Waals surface area contributed by atoms with E-state index in [1.165, 1.54) is 51.4 Å². The van der Waals surface area contributed by atoms with E-state index in [9.17, 15) is 4.79 Å². The quantitative estimate of drug-likeness (QED) is 0.465. The summed E-state index contributed by atoms with van der Waals surface area (Å²) in [5, 5.41) is 0. The Labute approximate surface area is 134 Å². The number of halogens is 2. The molecule has 0 aromatic carbocycles. The Bertz CT molecular complexity index is 276. The van der Waals surface area contributed by atoms with Crippen LogP contribution in [0.5, 0.6) is 0 Å². The van der Waals surface area contributed by atoms with E-state index in [2.05, 4.69) is 37.9 Å². The highest BCUT2D eigenvalue weighted by Crippen LogP contribution is 2.25. The number of alkyl halides is 2. The van der Waals surface area contributed by atoms with Crippen LogP contribution in [0, 0.1) is 0 Å². The first kappa shape index (κ1) is 17.4. The molecular formula is C16H26Br2O. The number of carbonyl (C=O) groups is 1. The molecule has 0 N–H and O–H groups in total. The minimum absolute atomic E-state index is 0.311. The Morgan fingerprint density at radius 2 is 1.42 bits per heavy atom. The Kier molecular flexibility index (Phi) is 10.2. The average Bonchev–Trinajstić information content (AvgIpc) is 2.39. The second-order valence-corrected chi connectivity index (χ2v) is 7.84. The number of rotatable bonds is 0. The van der Waals surface area contributed by atoms with Gasteiger partial charge in [0, 0.05) is 16.1 Å². The van der Waals surface area contributed by atoms with Gasteiger partial charge in [-0.2, -0.15) is 0 Å². The highest BCUT2D eigenvalue weighted by molar-refractivity contribution is 9.12. The lowest BCUT2D eigenvalue weighted by molar-refractivity contribution is -0.114. The molecule has 0 amide bonds. The van der Waals surface area contributed by atoms with E-state index in [0.717, 1.165) is 19.3 Å². The van der Waals surface area contributed by atoms with Crippen LogP contribution in [-0.2, 0) is 4.79 Å². The zero-order valence-corrected chi connectivity index (χ0v) is 14.9. The number of hydrogen-bond acceptors (Lipinski definition) is 1. The average molecular weight is 394 g/mol. The SMILES string of the molecule is O=C1/C=C\CCCCC(Br)C(Br)CCCCCCC1. The maximum Gasteiger partial charge on any atom is 0.155 e. The standard InChI is InChI=1S/C16H26Br2O/c17-15-12-8-3-1-2-6-10-14(19)11-7-4-5-9-13-16(15)18/h7,11,15-16H,1-6,8-10,12-13H2/b11-7-. The van der Waals surface area contributed by atoms with Crippen LogP contribution in [0.25, 0.3) is 0 Å². The van der Waals surface area contributed by atoms with Gasteiger partial charge in [-0.1, -0.05) is 70.0 Å². The van der Waals surface area contributed by atoms with E-state index in [0.29, 0.717) is 15.4 Å². The van der Waals surface area contributed by atoms with Gasteiger partial charge in [-0.15, -0.1) is 0 Å². The minimum atomic E-state index is 0.311. The fourth-order valence-electron chi connectivity index (χ4n) is 2.43. The van der Waals surface area contributed by atoms with Gasteiger partial charge in [-0.05, 0) is 38.2 Å². The Morgan fingerprint density at radius 3 is 2.16 bits per heavy atom. The first-order valence-electron chi connectivity index (χ1n) is 7.67. The molecule has 1 aliphatic rings. The molecule has 0 aromatic rings. The van der Waals surface area contributed by atoms with Crippen LogP contribution in [0.15, 0.2) is 12.2 Å². The van der Waals surface area contributed by atoms with Crippen molar-refractivity contribution in [2.75, 3.05) is 0 Å². The molecule has 2 unspecified atom stereocenters. The van der Waals surface area contributed by atoms with Crippen molar-refractivity contribution in [3.63, 3.8) is 0 Å². The smallest absolute Gasteiger partial charge is 0.155 e. The van der Waals surface area contributed by atoms with E-state index in [4.69, 9.17) is 0 Å². The first-order chi connectivity index (χ1) is 9.20. The number of carbonyl (C=O) groups excluding carboxylic acids is 1. The van der Waals surface area contributed by atoms with Crippen molar-refractivity contribution in [1.29, 1.82) is 0 Å². The van der Waals surface area contributed by atoms with Crippen LogP contribution in [-0.4, -0.2) is 15.4 Å². The molecule has 0 bridgehead atoms. The van der Waals surface area contributed by atoms with Gasteiger partial charge in [-0.3, -0.25) is 4.79 Å². The summed E-state index contributed by atoms with van der Waals surface area (Å²) in [5.41, 5.74) is 0. The molecule has 2 atom stereocenters. The maximum absolute atomic E-state index is 11.6. The van der Waals surface area contributed by atoms with Crippen LogP contribution in [0.1, 0.15) is 70.6 Å². The Morgan fingerprint density at radius 1 is 0.842 bits per heavy atom. The van der Waals surface area contributed by atoms with Gasteiger partial charge >= 0.3 is 0 Å². The fraction of sp³-hybridized carbons (Fsp3) is 0.812. The van der Waals surface area contributed by atoms with Crippen molar-refractivity contribution in [2.45, 2.75) is 80.3 Å². The monoisotopic (exact) mass is 392 g/mol. The minimum Gasteiger partial charge on any atom is -0.295 e. The summed E-state index contributed by atoms with van der Waals surface area (Å²) < 4.78 is 0. The predicted molar refractivity (Wildman–Crippen MR) is 90.4 cm³/mol. The van der Waals surface area contributed by atoms with E-state index in [-0.39, 0.29) is 0 Å². The van der Waals surface area contributed by atoms with Crippen LogP contribution < -0.4 is 0 Å². The predicted octanol–water partition coefficient (Wildman–Crippen LogP) is 5.94. The van der Waals surface area contributed by atoms with Gasteiger partial charge in [-0.25, -0.2) is 0 Å². The molecule has 0 saturated heterocycles. The molecule has 0 fully saturated rings. The zero-order valence-electron chi connectivity index (χ0n) is 11.8. The molecule has 0 radical (unpaired) electrons. The van der Waals surface area contributed by atoms with Gasteiger partial charge in [0.2, 0.25) is 0 Å². The maximum atomic E-state index is 11.6. The van der Waals surface area contributed by atoms with E-state index in [1.54, 1.807) is 6.08 Å². The third kappa shape index (κ3) is 9.01. The summed E-state index contributed by atoms with van der Waals surface area (Å²) in [6.07, 6.45) is 16.6. The van der Waals surface area contributed by atoms with Gasteiger partial charge < -0.3 is 0 Å². The largest absolute Gasteiger partial charge is 0.295 e. The molecule has 0 saturated carbocycles. The molecule has 0 heterocycles. The van der Waals surface area contributed by atoms with Crippen molar-refractivity contribution in [3.05, 3.63) is 12.2 Å². The van der Waals surface area contributed by atoms with Crippen molar-refractivity contribution in [2.24, 2.45) is 0 Å². The molecule has 0 aromatic heterocycles. The molecule has 0 spiro atoms. The molecule has 110 valence electrons. The summed E-state index contributed by atoms with van der Waals surface area (Å²) in [5.74, 6) is 0.311. The van der Waals surface area contributed by atoms with Crippen molar-refractivity contribution >= 4 is 37.6 Å². The molecular weight excluding hydrogens is 368 g/mol. The van der Waals surface area contributed by atoms with Crippen molar-refractivity contribution in [1.82, 2.24) is 0 Å². The summed E-state index contributed by atoms with van der Waals surface area (Å²) in [4.78, 5) is 12.8. The van der Waals surface area contributed by atoms with Gasteiger partial charge in [0.15, 0.2) is 5.78 Å². The van der Waals surface area contributed by atoms with Crippen LogP contribution in [0.4, 0.5) is 0 Å². The van der Waals surface area contributed by atoms with Gasteiger partial charge in [0.25, 0.3) is 0 Å². The summed E-state index contributed by atoms with van der Waals surface area (Å²) >= 11 is 7.61. The third-order valence-electron chi connectivity index (χ3n) is 3.70. The Hall–Kier alpha value is 0.370. The fourth-order valence-corrected chi connectivity index (χ4v) is 3.61. The van der Waals surface area contributed by atoms with Crippen molar-refractivity contribution < 1.29 is 4.79 Å². The highest BCUT2D eigenvalue weighted by atomic mass is 79.9. The second kappa shape index (κ2) is 11.1. The number of hydrogen-bond donors (Lipinski definition) is 0. The first-order valence-corrected chi connectivity index (χ1v) is 9.51. The van der Waals surface area contributed by atoms with Gasteiger partial charge in [0.05, 0.1) is 0 Å². The highest BCUT2D eigenvalue weighted by Gasteiger charge is 2.14. The van der Waals surface area contributed by atoms with Crippen LogP contribution in [0.2, 0.25) is 0 Å². The number of ketones is 1. The molecule has 1 aliphatic carbocycles. The second-order valence-electron chi connectivity index (χ2n) is 5.49. The Balaban J connectivity index is 2.36. The third-order valence-corrected chi connectivity index (χ3v) is 6.60. The number of allylic oxidation sites excluding steroid dienone is 2.